The van der Waals surface area contributed by atoms with Gasteiger partial charge < -0.3 is 0 Å². The van der Waals surface area contributed by atoms with Gasteiger partial charge in [0, 0.05) is 100 Å². The zero-order chi connectivity index (χ0) is 72.4. The third kappa shape index (κ3) is 18.7. The van der Waals surface area contributed by atoms with E-state index in [0.717, 1.165) is 113 Å². The Morgan fingerprint density at radius 3 is 1.31 bits per heavy atom. The fourth-order valence-electron chi connectivity index (χ4n) is 13.9. The van der Waals surface area contributed by atoms with Crippen LogP contribution in [-0.4, -0.2) is 125 Å². The van der Waals surface area contributed by atoms with Crippen LogP contribution in [0.5, 0.6) is 0 Å². The standard InChI is InChI=1S/C24H24N2O4S.C22H22N2O2.C19H19N5O2.C17H18N2O2/c27-24(25-28)21-11-12-22-16-26(14-13-20(22)15-21)31(29,30)17-23(18-7-3-1-4-8-18)19-9-5-2-6-10-19;25-22(23-26)19-8-9-20-15-24(13-11-18(20)14-19)12-10-17-6-3-5-16-4-1-2-7-21(16)17;25-19(22-26)16-3-4-17-11-23(8-7-15(17)9-16)10-14-1-5-18(6-2-14)24-13-20-12-21-24;20-17(18-21)15-6-7-16-12-19(9-8-14(16)10-15)11-13-4-2-1-3-5-13/h1-12,15,23,28H,13-14,16-17H2,(H,25,27);1-9,14,26H,10-13,15H2,(H,23,25);1-6,9,12-13,26H,7-8,10-11H2,(H,22,25);1-7,10,21H,8-9,11-12H2,(H,18,20). The molecule has 21 nitrogen and oxygen atoms in total. The number of carbonyl (C=O) groups is 4. The molecule has 0 saturated carbocycles. The van der Waals surface area contributed by atoms with E-state index in [-0.39, 0.29) is 18.2 Å². The lowest BCUT2D eigenvalue weighted by Crippen LogP contribution is -2.39. The van der Waals surface area contributed by atoms with E-state index in [2.05, 4.69) is 104 Å². The summed E-state index contributed by atoms with van der Waals surface area (Å²) in [5.41, 5.74) is 24.5. The highest BCUT2D eigenvalue weighted by Crippen LogP contribution is 2.32. The van der Waals surface area contributed by atoms with Crippen LogP contribution in [0.2, 0.25) is 0 Å². The number of carbonyl (C=O) groups excluding carboxylic acids is 4. The number of fused-ring (bicyclic) bond motifs is 5. The monoisotopic (exact) mass is 1410 g/mol. The van der Waals surface area contributed by atoms with Gasteiger partial charge in [-0.1, -0.05) is 170 Å². The molecule has 4 aliphatic heterocycles. The molecule has 0 spiro atoms. The molecule has 0 atom stereocenters. The number of hydrogen-bond acceptors (Lipinski definition) is 15. The highest BCUT2D eigenvalue weighted by Gasteiger charge is 2.32. The van der Waals surface area contributed by atoms with Crippen molar-refractivity contribution in [2.75, 3.05) is 38.5 Å². The molecule has 4 amide bonds. The summed E-state index contributed by atoms with van der Waals surface area (Å²) in [7, 11) is -3.54. The molecule has 15 rings (SSSR count). The topological polar surface area (TPSA) is 275 Å². The lowest BCUT2D eigenvalue weighted by Gasteiger charge is -2.30. The fourth-order valence-corrected chi connectivity index (χ4v) is 15.7. The van der Waals surface area contributed by atoms with Crippen molar-refractivity contribution in [1.82, 2.24) is 55.7 Å². The normalized spacial score (nSPS) is 14.2. The number of hydroxylamine groups is 4. The molecule has 0 radical (unpaired) electrons. The van der Waals surface area contributed by atoms with Crippen molar-refractivity contribution in [2.45, 2.75) is 77.3 Å². The minimum absolute atomic E-state index is 0.0125. The number of benzene rings is 10. The van der Waals surface area contributed by atoms with Gasteiger partial charge in [-0.2, -0.15) is 9.40 Å². The Morgan fingerprint density at radius 1 is 0.423 bits per heavy atom. The molecule has 22 heteroatoms. The van der Waals surface area contributed by atoms with Gasteiger partial charge in [0.2, 0.25) is 10.0 Å². The van der Waals surface area contributed by atoms with E-state index >= 15 is 0 Å². The highest BCUT2D eigenvalue weighted by molar-refractivity contribution is 7.89. The zero-order valence-electron chi connectivity index (χ0n) is 57.5. The minimum Gasteiger partial charge on any atom is -0.298 e. The molecule has 11 aromatic rings. The van der Waals surface area contributed by atoms with E-state index in [0.29, 0.717) is 35.2 Å². The van der Waals surface area contributed by atoms with Crippen LogP contribution in [0.15, 0.2) is 243 Å². The van der Waals surface area contributed by atoms with Gasteiger partial charge in [-0.15, -0.1) is 0 Å². The second-order valence-corrected chi connectivity index (χ2v) is 28.3. The quantitative estimate of drug-likeness (QED) is 0.0311. The summed E-state index contributed by atoms with van der Waals surface area (Å²) in [6.45, 7) is 9.01. The summed E-state index contributed by atoms with van der Waals surface area (Å²) < 4.78 is 30.1. The van der Waals surface area contributed by atoms with Gasteiger partial charge in [-0.05, 0) is 176 Å². The third-order valence-corrected chi connectivity index (χ3v) is 21.4. The van der Waals surface area contributed by atoms with Crippen LogP contribution < -0.4 is 21.9 Å². The van der Waals surface area contributed by atoms with Crippen LogP contribution in [0, 0.1) is 0 Å². The average Bonchev–Trinajstić information content (AvgIpc) is 0.876. The number of hydrogen-bond donors (Lipinski definition) is 8. The number of amides is 4. The molecule has 1 aromatic heterocycles. The smallest absolute Gasteiger partial charge is 0.274 e. The predicted octanol–water partition coefficient (Wildman–Crippen LogP) is 11.2. The lowest BCUT2D eigenvalue weighted by molar-refractivity contribution is 0.0702. The molecule has 0 saturated heterocycles. The van der Waals surface area contributed by atoms with Gasteiger partial charge in [0.1, 0.15) is 12.7 Å². The molecule has 10 aromatic carbocycles. The summed E-state index contributed by atoms with van der Waals surface area (Å²) in [5.74, 6) is -2.23. The second-order valence-electron chi connectivity index (χ2n) is 26.3. The SMILES string of the molecule is O=C(NO)c1ccc2c(c1)CCN(CCc1cccc3ccccc13)C2.O=C(NO)c1ccc2c(c1)CCN(Cc1ccc(-n3cncn3)cc1)C2.O=C(NO)c1ccc2c(c1)CCN(Cc1ccccc1)C2.O=C(NO)c1ccc2c(c1)CCN(S(=O)(=O)CC(c1ccccc1)c1ccccc1)C2. The van der Waals surface area contributed by atoms with E-state index in [1.165, 1.54) is 71.5 Å². The number of rotatable bonds is 17. The Balaban J connectivity index is 0.000000131. The lowest BCUT2D eigenvalue weighted by atomic mass is 9.93. The van der Waals surface area contributed by atoms with Crippen LogP contribution in [0.1, 0.15) is 120 Å². The number of nitrogens with zero attached hydrogens (tertiary/aromatic N) is 7. The molecule has 5 heterocycles. The largest absolute Gasteiger partial charge is 0.298 e. The van der Waals surface area contributed by atoms with Crippen LogP contribution in [-0.2, 0) is 81.4 Å². The molecule has 0 fully saturated rings. The molecular formula is C82H83N11O10S. The van der Waals surface area contributed by atoms with E-state index in [1.54, 1.807) is 69.3 Å². The molecule has 0 bridgehead atoms. The Bertz CT molecular complexity index is 4840. The molecule has 0 unspecified atom stereocenters. The molecule has 0 aliphatic carbocycles. The summed E-state index contributed by atoms with van der Waals surface area (Å²) in [4.78, 5) is 57.4. The predicted molar refractivity (Wildman–Crippen MR) is 395 cm³/mol. The second kappa shape index (κ2) is 34.9. The van der Waals surface area contributed by atoms with Crippen molar-refractivity contribution in [3.63, 3.8) is 0 Å². The number of sulfonamides is 1. The van der Waals surface area contributed by atoms with Gasteiger partial charge in [0.05, 0.1) is 11.4 Å². The summed E-state index contributed by atoms with van der Waals surface area (Å²) >= 11 is 0. The maximum absolute atomic E-state index is 13.4. The average molecular weight is 1410 g/mol. The number of aromatic nitrogens is 3. The first-order chi connectivity index (χ1) is 50.7. The van der Waals surface area contributed by atoms with Gasteiger partial charge >= 0.3 is 0 Å². The van der Waals surface area contributed by atoms with Crippen molar-refractivity contribution in [3.05, 3.63) is 338 Å². The van der Waals surface area contributed by atoms with Crippen LogP contribution in [0.25, 0.3) is 16.5 Å². The van der Waals surface area contributed by atoms with Crippen LogP contribution >= 0.6 is 0 Å². The van der Waals surface area contributed by atoms with Crippen molar-refractivity contribution in [2.24, 2.45) is 0 Å². The zero-order valence-corrected chi connectivity index (χ0v) is 58.3. The van der Waals surface area contributed by atoms with Gasteiger partial charge in [-0.25, -0.2) is 40.0 Å². The van der Waals surface area contributed by atoms with E-state index in [1.807, 2.05) is 115 Å². The van der Waals surface area contributed by atoms with Crippen molar-refractivity contribution >= 4 is 44.4 Å². The van der Waals surface area contributed by atoms with Crippen LogP contribution in [0.4, 0.5) is 0 Å². The Hall–Kier alpha value is -10.9. The minimum atomic E-state index is -3.54. The van der Waals surface area contributed by atoms with Gasteiger partial charge in [0.25, 0.3) is 23.6 Å². The number of nitrogens with one attached hydrogen (secondary N) is 4. The summed E-state index contributed by atoms with van der Waals surface area (Å²) in [5, 5.41) is 41.8. The van der Waals surface area contributed by atoms with E-state index < -0.39 is 33.7 Å². The molecule has 104 heavy (non-hydrogen) atoms. The highest BCUT2D eigenvalue weighted by atomic mass is 32.2. The van der Waals surface area contributed by atoms with E-state index in [9.17, 15) is 27.6 Å². The maximum Gasteiger partial charge on any atom is 0.274 e. The first kappa shape index (κ1) is 72.9. The van der Waals surface area contributed by atoms with Crippen molar-refractivity contribution in [3.8, 4) is 5.69 Å². The Kier molecular flexibility index (Phi) is 24.4. The Morgan fingerprint density at radius 2 is 0.837 bits per heavy atom. The molecular weight excluding hydrogens is 1330 g/mol. The molecule has 532 valence electrons. The fraction of sp³-hybridized carbons (Fsp3) is 0.220. The Labute approximate surface area is 604 Å². The van der Waals surface area contributed by atoms with Gasteiger partial charge in [-0.3, -0.25) is 54.7 Å². The van der Waals surface area contributed by atoms with Crippen molar-refractivity contribution in [1.29, 1.82) is 0 Å². The molecule has 8 N–H and O–H groups in total. The summed E-state index contributed by atoms with van der Waals surface area (Å²) in [6, 6.07) is 75.2. The van der Waals surface area contributed by atoms with E-state index in [4.69, 9.17) is 20.8 Å². The maximum atomic E-state index is 13.4. The summed E-state index contributed by atoms with van der Waals surface area (Å²) in [6.07, 6.45) is 7.49. The van der Waals surface area contributed by atoms with Crippen LogP contribution in [0.3, 0.4) is 0 Å². The van der Waals surface area contributed by atoms with Gasteiger partial charge in [0.15, 0.2) is 0 Å². The first-order valence-corrected chi connectivity index (χ1v) is 36.3. The van der Waals surface area contributed by atoms with Crippen molar-refractivity contribution < 1.29 is 48.4 Å². The first-order valence-electron chi connectivity index (χ1n) is 34.7. The third-order valence-electron chi connectivity index (χ3n) is 19.6. The molecule has 4 aliphatic rings.